The van der Waals surface area contributed by atoms with Gasteiger partial charge in [-0.2, -0.15) is 0 Å². The molecule has 0 saturated heterocycles. The molecule has 0 spiro atoms. The molecule has 5 nitrogen and oxygen atoms in total. The molecule has 0 heterocycles. The monoisotopic (exact) mass is 865 g/mol. The van der Waals surface area contributed by atoms with Crippen LogP contribution in [0.15, 0.2) is 72.9 Å². The maximum atomic E-state index is 12.8. The zero-order valence-corrected chi connectivity index (χ0v) is 41.1. The van der Waals surface area contributed by atoms with Crippen LogP contribution in [0.25, 0.3) is 0 Å². The SMILES string of the molecule is CC/C=C\C/C=C\C/C=C\C/C=C\CCCCC(=O)OC(COCCCCCCCC/C=C\C/C=C\CCC)COC(=O)CCCCCCCCCCCCCCCCCCC. The van der Waals surface area contributed by atoms with Crippen LogP contribution >= 0.6 is 0 Å². The molecule has 0 aromatic rings. The number of ether oxygens (including phenoxy) is 3. The molecule has 1 unspecified atom stereocenters. The van der Waals surface area contributed by atoms with Crippen molar-refractivity contribution < 1.29 is 23.8 Å². The lowest BCUT2D eigenvalue weighted by molar-refractivity contribution is -0.163. The molecule has 358 valence electrons. The summed E-state index contributed by atoms with van der Waals surface area (Å²) in [7, 11) is 0. The van der Waals surface area contributed by atoms with E-state index < -0.39 is 6.10 Å². The summed E-state index contributed by atoms with van der Waals surface area (Å²) in [6.07, 6.45) is 67.7. The van der Waals surface area contributed by atoms with E-state index in [1.165, 1.54) is 141 Å². The van der Waals surface area contributed by atoms with Crippen LogP contribution in [0.1, 0.15) is 252 Å². The van der Waals surface area contributed by atoms with Gasteiger partial charge in [-0.15, -0.1) is 0 Å². The highest BCUT2D eigenvalue weighted by atomic mass is 16.6. The molecule has 0 rings (SSSR count). The summed E-state index contributed by atoms with van der Waals surface area (Å²) in [6.45, 7) is 7.61. The number of hydrogen-bond acceptors (Lipinski definition) is 5. The minimum Gasteiger partial charge on any atom is -0.462 e. The van der Waals surface area contributed by atoms with Gasteiger partial charge in [-0.3, -0.25) is 9.59 Å². The molecule has 0 aliphatic rings. The number of rotatable bonds is 48. The van der Waals surface area contributed by atoms with Gasteiger partial charge in [0.05, 0.1) is 6.61 Å². The van der Waals surface area contributed by atoms with Crippen LogP contribution in [-0.2, 0) is 23.8 Å². The Bertz CT molecular complexity index is 1110. The highest BCUT2D eigenvalue weighted by Gasteiger charge is 2.17. The summed E-state index contributed by atoms with van der Waals surface area (Å²) in [5.41, 5.74) is 0. The van der Waals surface area contributed by atoms with Gasteiger partial charge in [-0.25, -0.2) is 0 Å². The number of allylic oxidation sites excluding steroid dienone is 12. The van der Waals surface area contributed by atoms with Crippen molar-refractivity contribution in [1.82, 2.24) is 0 Å². The van der Waals surface area contributed by atoms with Crippen molar-refractivity contribution in [2.45, 2.75) is 258 Å². The number of hydrogen-bond donors (Lipinski definition) is 0. The lowest BCUT2D eigenvalue weighted by Crippen LogP contribution is -2.30. The first-order chi connectivity index (χ1) is 30.6. The first-order valence-corrected chi connectivity index (χ1v) is 26.5. The molecular formula is C57H100O5. The molecule has 0 bridgehead atoms. The quantitative estimate of drug-likeness (QED) is 0.0346. The largest absolute Gasteiger partial charge is 0.462 e. The Labute approximate surface area is 385 Å². The highest BCUT2D eigenvalue weighted by molar-refractivity contribution is 5.70. The topological polar surface area (TPSA) is 61.8 Å². The Hall–Kier alpha value is -2.66. The highest BCUT2D eigenvalue weighted by Crippen LogP contribution is 2.15. The van der Waals surface area contributed by atoms with E-state index in [0.29, 0.717) is 19.4 Å². The van der Waals surface area contributed by atoms with Gasteiger partial charge in [0.2, 0.25) is 0 Å². The zero-order valence-electron chi connectivity index (χ0n) is 41.1. The summed E-state index contributed by atoms with van der Waals surface area (Å²) in [6, 6.07) is 0. The average Bonchev–Trinajstić information content (AvgIpc) is 3.27. The second-order valence-electron chi connectivity index (χ2n) is 17.4. The lowest BCUT2D eigenvalue weighted by atomic mass is 10.0. The van der Waals surface area contributed by atoms with Gasteiger partial charge in [-0.05, 0) is 83.5 Å². The van der Waals surface area contributed by atoms with Crippen LogP contribution in [0.2, 0.25) is 0 Å². The molecule has 0 aliphatic heterocycles. The number of esters is 2. The van der Waals surface area contributed by atoms with Crippen LogP contribution in [0, 0.1) is 0 Å². The Morgan fingerprint density at radius 2 is 0.758 bits per heavy atom. The van der Waals surface area contributed by atoms with Crippen LogP contribution in [-0.4, -0.2) is 37.9 Å². The van der Waals surface area contributed by atoms with Crippen LogP contribution in [0.4, 0.5) is 0 Å². The number of unbranched alkanes of at least 4 members (excludes halogenated alkanes) is 25. The Balaban J connectivity index is 4.32. The van der Waals surface area contributed by atoms with Gasteiger partial charge in [0.15, 0.2) is 6.10 Å². The van der Waals surface area contributed by atoms with E-state index >= 15 is 0 Å². The fourth-order valence-electron chi connectivity index (χ4n) is 7.30. The lowest BCUT2D eigenvalue weighted by Gasteiger charge is -2.18. The summed E-state index contributed by atoms with van der Waals surface area (Å²) in [5, 5.41) is 0. The smallest absolute Gasteiger partial charge is 0.306 e. The van der Waals surface area contributed by atoms with E-state index in [0.717, 1.165) is 77.0 Å². The first-order valence-electron chi connectivity index (χ1n) is 26.5. The van der Waals surface area contributed by atoms with Crippen molar-refractivity contribution in [2.75, 3.05) is 19.8 Å². The van der Waals surface area contributed by atoms with E-state index in [1.54, 1.807) is 0 Å². The Morgan fingerprint density at radius 1 is 0.371 bits per heavy atom. The normalized spacial score (nSPS) is 12.8. The standard InChI is InChI=1S/C57H100O5/c1-4-7-10-13-16-19-22-25-28-29-31-32-35-38-41-44-47-50-56(58)61-54-55(53-60-52-49-46-43-40-37-34-27-24-21-18-15-12-9-6-3)62-57(59)51-48-45-42-39-36-33-30-26-23-20-17-14-11-8-5-2/h8,11-12,15,17,20-21,24,26,30,36,39,55H,4-7,9-10,13-14,16,18-19,22-23,25,27-29,31-35,37-38,40-54H2,1-3H3/b11-8-,15-12-,20-17-,24-21-,30-26-,39-36-. The van der Waals surface area contributed by atoms with Gasteiger partial charge in [0.25, 0.3) is 0 Å². The van der Waals surface area contributed by atoms with Crippen molar-refractivity contribution in [2.24, 2.45) is 0 Å². The van der Waals surface area contributed by atoms with E-state index in [4.69, 9.17) is 14.2 Å². The summed E-state index contributed by atoms with van der Waals surface area (Å²) >= 11 is 0. The molecule has 0 saturated carbocycles. The van der Waals surface area contributed by atoms with Crippen LogP contribution < -0.4 is 0 Å². The van der Waals surface area contributed by atoms with E-state index in [2.05, 4.69) is 93.7 Å². The molecule has 0 aliphatic carbocycles. The molecule has 0 amide bonds. The van der Waals surface area contributed by atoms with E-state index in [9.17, 15) is 9.59 Å². The fourth-order valence-corrected chi connectivity index (χ4v) is 7.30. The molecule has 1 atom stereocenters. The minimum absolute atomic E-state index is 0.0644. The van der Waals surface area contributed by atoms with Gasteiger partial charge < -0.3 is 14.2 Å². The second kappa shape index (κ2) is 52.7. The summed E-state index contributed by atoms with van der Waals surface area (Å²) in [4.78, 5) is 25.4. The van der Waals surface area contributed by atoms with Crippen molar-refractivity contribution in [3.05, 3.63) is 72.9 Å². The summed E-state index contributed by atoms with van der Waals surface area (Å²) in [5.74, 6) is -0.444. The molecule has 0 N–H and O–H groups in total. The molecule has 0 aromatic heterocycles. The molecule has 62 heavy (non-hydrogen) atoms. The molecule has 5 heteroatoms. The molecule has 0 radical (unpaired) electrons. The first kappa shape index (κ1) is 59.3. The minimum atomic E-state index is -0.563. The Morgan fingerprint density at radius 3 is 1.26 bits per heavy atom. The third-order valence-corrected chi connectivity index (χ3v) is 11.2. The zero-order chi connectivity index (χ0) is 44.9. The maximum absolute atomic E-state index is 12.8. The fraction of sp³-hybridized carbons (Fsp3) is 0.754. The average molecular weight is 865 g/mol. The van der Waals surface area contributed by atoms with Gasteiger partial charge in [-0.1, -0.05) is 229 Å². The van der Waals surface area contributed by atoms with Gasteiger partial charge in [0.1, 0.15) is 6.61 Å². The predicted octanol–water partition coefficient (Wildman–Crippen LogP) is 17.9. The number of carbonyl (C=O) groups is 2. The number of carbonyl (C=O) groups excluding carboxylic acids is 2. The van der Waals surface area contributed by atoms with Crippen LogP contribution in [0.5, 0.6) is 0 Å². The maximum Gasteiger partial charge on any atom is 0.306 e. The summed E-state index contributed by atoms with van der Waals surface area (Å²) < 4.78 is 17.4. The van der Waals surface area contributed by atoms with Crippen LogP contribution in [0.3, 0.4) is 0 Å². The third-order valence-electron chi connectivity index (χ3n) is 11.2. The van der Waals surface area contributed by atoms with Crippen molar-refractivity contribution in [3.8, 4) is 0 Å². The van der Waals surface area contributed by atoms with Crippen molar-refractivity contribution >= 4 is 11.9 Å². The molecule has 0 aromatic carbocycles. The van der Waals surface area contributed by atoms with Crippen molar-refractivity contribution in [1.29, 1.82) is 0 Å². The Kier molecular flexibility index (Phi) is 50.4. The van der Waals surface area contributed by atoms with Gasteiger partial charge >= 0.3 is 11.9 Å². The molecular weight excluding hydrogens is 765 g/mol. The van der Waals surface area contributed by atoms with Crippen molar-refractivity contribution in [3.63, 3.8) is 0 Å². The van der Waals surface area contributed by atoms with E-state index in [-0.39, 0.29) is 25.2 Å². The third kappa shape index (κ3) is 50.0. The van der Waals surface area contributed by atoms with E-state index in [1.807, 2.05) is 0 Å². The second-order valence-corrected chi connectivity index (χ2v) is 17.4. The molecule has 0 fully saturated rings. The predicted molar refractivity (Wildman–Crippen MR) is 270 cm³/mol. The van der Waals surface area contributed by atoms with Gasteiger partial charge in [0, 0.05) is 19.4 Å².